The van der Waals surface area contributed by atoms with E-state index in [1.54, 1.807) is 24.3 Å². The number of hydrogen-bond acceptors (Lipinski definition) is 4. The Morgan fingerprint density at radius 3 is 1.06 bits per heavy atom. The van der Waals surface area contributed by atoms with Crippen molar-refractivity contribution in [2.75, 3.05) is 0 Å². The molecule has 2 rings (SSSR count). The van der Waals surface area contributed by atoms with E-state index in [0.29, 0.717) is 12.8 Å². The number of phosphoric ester groups is 2. The van der Waals surface area contributed by atoms with Crippen LogP contribution >= 0.6 is 15.6 Å². The molecule has 156 valence electrons. The van der Waals surface area contributed by atoms with Crippen LogP contribution < -0.4 is 9.05 Å². The maximum Gasteiger partial charge on any atom is 0.524 e. The van der Waals surface area contributed by atoms with E-state index in [-0.39, 0.29) is 130 Å². The minimum Gasteiger partial charge on any atom is -0.404 e. The van der Waals surface area contributed by atoms with Crippen molar-refractivity contribution in [2.24, 2.45) is 0 Å². The second-order valence-corrected chi connectivity index (χ2v) is 8.20. The van der Waals surface area contributed by atoms with Crippen molar-refractivity contribution >= 4 is 145 Å². The molecule has 0 aliphatic carbocycles. The molecule has 0 atom stereocenters. The maximum absolute atomic E-state index is 10.9. The van der Waals surface area contributed by atoms with Crippen LogP contribution in [0, 0.1) is 0 Å². The summed E-state index contributed by atoms with van der Waals surface area (Å²) in [6, 6.07) is 12.9. The van der Waals surface area contributed by atoms with E-state index in [0.717, 1.165) is 22.3 Å². The summed E-state index contributed by atoms with van der Waals surface area (Å²) in [5.74, 6) is 0.147. The Labute approximate surface area is 276 Å². The number of rotatable bonds is 8. The van der Waals surface area contributed by atoms with E-state index < -0.39 is 15.6 Å². The van der Waals surface area contributed by atoms with E-state index in [4.69, 9.17) is 19.6 Å². The first-order valence-electron chi connectivity index (χ1n) is 8.45. The van der Waals surface area contributed by atoms with Crippen molar-refractivity contribution in [3.8, 4) is 11.5 Å². The largest absolute Gasteiger partial charge is 0.524 e. The summed E-state index contributed by atoms with van der Waals surface area (Å²) in [6.07, 6.45) is 1.42. The molecule has 0 bridgehead atoms. The van der Waals surface area contributed by atoms with Gasteiger partial charge in [-0.3, -0.25) is 19.6 Å². The number of benzene rings is 2. The third kappa shape index (κ3) is 13.4. The number of phosphoric acid groups is 2. The van der Waals surface area contributed by atoms with Crippen LogP contribution in [0.15, 0.2) is 48.5 Å². The zero-order chi connectivity index (χ0) is 20.9. The zero-order valence-electron chi connectivity index (χ0n) is 19.3. The van der Waals surface area contributed by atoms with Gasteiger partial charge in [-0.1, -0.05) is 38.1 Å². The van der Waals surface area contributed by atoms with Crippen LogP contribution in [0.1, 0.15) is 37.8 Å². The third-order valence-corrected chi connectivity index (χ3v) is 4.82. The molecule has 0 fully saturated rings. The molecule has 14 heteroatoms. The fourth-order valence-corrected chi connectivity index (χ4v) is 3.68. The van der Waals surface area contributed by atoms with E-state index in [1.165, 1.54) is 24.3 Å². The first-order chi connectivity index (χ1) is 13.0. The summed E-state index contributed by atoms with van der Waals surface area (Å²) in [7, 11) is -9.21. The van der Waals surface area contributed by atoms with Crippen molar-refractivity contribution in [1.29, 1.82) is 0 Å². The Hall–Kier alpha value is 2.08. The minimum atomic E-state index is -4.61. The Kier molecular flexibility index (Phi) is 21.1. The van der Waals surface area contributed by atoms with Gasteiger partial charge in [0, 0.05) is 118 Å². The van der Waals surface area contributed by atoms with Gasteiger partial charge >= 0.3 is 15.6 Å². The molecule has 2 aromatic rings. The SMILES string of the molecule is CC/C(=C(/CC)c1ccc(OP(=O)(O)O)cc1)c1ccc(OP(=O)(O)O)cc1.[Na].[Na].[Na].[Na]. The van der Waals surface area contributed by atoms with Crippen LogP contribution in [0.5, 0.6) is 11.5 Å². The van der Waals surface area contributed by atoms with E-state index in [9.17, 15) is 9.13 Å². The molecule has 0 unspecified atom stereocenters. The van der Waals surface area contributed by atoms with Crippen molar-refractivity contribution in [1.82, 2.24) is 0 Å². The Balaban J connectivity index is -0.00000210. The smallest absolute Gasteiger partial charge is 0.404 e. The molecule has 0 spiro atoms. The van der Waals surface area contributed by atoms with Gasteiger partial charge in [0.2, 0.25) is 0 Å². The quantitative estimate of drug-likeness (QED) is 0.237. The molecule has 0 amide bonds. The molecule has 4 N–H and O–H groups in total. The van der Waals surface area contributed by atoms with Crippen LogP contribution in [-0.2, 0) is 9.13 Å². The summed E-state index contributed by atoms with van der Waals surface area (Å²) in [6.45, 7) is 3.99. The summed E-state index contributed by atoms with van der Waals surface area (Å²) in [5.41, 5.74) is 3.84. The monoisotopic (exact) mass is 520 g/mol. The Morgan fingerprint density at radius 2 is 0.875 bits per heavy atom. The van der Waals surface area contributed by atoms with Gasteiger partial charge in [0.25, 0.3) is 0 Å². The van der Waals surface area contributed by atoms with E-state index >= 15 is 0 Å². The minimum absolute atomic E-state index is 0. The van der Waals surface area contributed by atoms with Crippen LogP contribution in [0.2, 0.25) is 0 Å². The molecule has 4 radical (unpaired) electrons. The van der Waals surface area contributed by atoms with Crippen molar-refractivity contribution in [3.05, 3.63) is 59.7 Å². The van der Waals surface area contributed by atoms with Crippen LogP contribution in [-0.4, -0.2) is 138 Å². The number of hydrogen-bond donors (Lipinski definition) is 4. The molecule has 2 aromatic carbocycles. The molecular weight excluding hydrogens is 498 g/mol. The normalized spacial score (nSPS) is 11.4. The molecule has 0 saturated carbocycles. The molecule has 32 heavy (non-hydrogen) atoms. The van der Waals surface area contributed by atoms with Crippen molar-refractivity contribution in [2.45, 2.75) is 26.7 Å². The average molecular weight is 520 g/mol. The standard InChI is InChI=1S/C18H22O8P2.4Na/c1-3-17(13-5-9-15(10-6-13)25-27(19,20)21)18(4-2)14-7-11-16(12-8-14)26-28(22,23)24;;;;/h5-12H,3-4H2,1-2H3,(H2,19,20,21)(H2,22,23,24);;;;/b18-17+;;;;. The fourth-order valence-electron chi connectivity index (χ4n) is 2.89. The predicted molar refractivity (Wildman–Crippen MR) is 129 cm³/mol. The third-order valence-electron chi connectivity index (χ3n) is 3.93. The first kappa shape index (κ1) is 38.6. The summed E-state index contributed by atoms with van der Waals surface area (Å²) in [4.78, 5) is 35.5. The zero-order valence-corrected chi connectivity index (χ0v) is 29.1. The van der Waals surface area contributed by atoms with Crippen molar-refractivity contribution in [3.63, 3.8) is 0 Å². The summed E-state index contributed by atoms with van der Waals surface area (Å²) < 4.78 is 31.0. The van der Waals surface area contributed by atoms with Gasteiger partial charge < -0.3 is 9.05 Å². The molecule has 0 aromatic heterocycles. The van der Waals surface area contributed by atoms with Crippen molar-refractivity contribution < 1.29 is 37.8 Å². The fraction of sp³-hybridized carbons (Fsp3) is 0.222. The van der Waals surface area contributed by atoms with E-state index in [2.05, 4.69) is 9.05 Å². The van der Waals surface area contributed by atoms with Gasteiger partial charge in [0.15, 0.2) is 0 Å². The second kappa shape index (κ2) is 17.5. The molecule has 0 aliphatic heterocycles. The van der Waals surface area contributed by atoms with Gasteiger partial charge in [0.1, 0.15) is 11.5 Å². The van der Waals surface area contributed by atoms with Gasteiger partial charge in [-0.2, -0.15) is 0 Å². The first-order valence-corrected chi connectivity index (χ1v) is 11.5. The molecule has 8 nitrogen and oxygen atoms in total. The van der Waals surface area contributed by atoms with Gasteiger partial charge in [-0.15, -0.1) is 0 Å². The number of allylic oxidation sites excluding steroid dienone is 2. The average Bonchev–Trinajstić information content (AvgIpc) is 2.59. The summed E-state index contributed by atoms with van der Waals surface area (Å²) >= 11 is 0. The van der Waals surface area contributed by atoms with Crippen LogP contribution in [0.25, 0.3) is 11.1 Å². The Bertz CT molecular complexity index is 863. The maximum atomic E-state index is 10.9. The Morgan fingerprint density at radius 1 is 0.625 bits per heavy atom. The molecule has 0 heterocycles. The second-order valence-electron chi connectivity index (χ2n) is 5.88. The van der Waals surface area contributed by atoms with Gasteiger partial charge in [-0.25, -0.2) is 9.13 Å². The molecule has 0 aliphatic rings. The van der Waals surface area contributed by atoms with E-state index in [1.807, 2.05) is 13.8 Å². The van der Waals surface area contributed by atoms with Gasteiger partial charge in [0.05, 0.1) is 0 Å². The predicted octanol–water partition coefficient (Wildman–Crippen LogP) is 2.84. The topological polar surface area (TPSA) is 134 Å². The van der Waals surface area contributed by atoms with Gasteiger partial charge in [-0.05, 0) is 59.4 Å². The summed E-state index contributed by atoms with van der Waals surface area (Å²) in [5, 5.41) is 0. The van der Waals surface area contributed by atoms with Crippen LogP contribution in [0.3, 0.4) is 0 Å². The van der Waals surface area contributed by atoms with Crippen LogP contribution in [0.4, 0.5) is 0 Å². The molecular formula is C18H22Na4O8P2. The molecule has 0 saturated heterocycles.